The van der Waals surface area contributed by atoms with Crippen molar-refractivity contribution in [1.29, 1.82) is 0 Å². The Morgan fingerprint density at radius 1 is 1.31 bits per heavy atom. The van der Waals surface area contributed by atoms with Gasteiger partial charge in [0.25, 0.3) is 0 Å². The van der Waals surface area contributed by atoms with Crippen molar-refractivity contribution in [1.82, 2.24) is 0 Å². The summed E-state index contributed by atoms with van der Waals surface area (Å²) >= 11 is 0. The number of rotatable bonds is 2. The molecule has 0 radical (unpaired) electrons. The highest BCUT2D eigenvalue weighted by atomic mass is 28.3. The molecule has 0 saturated heterocycles. The normalized spacial score (nSPS) is 11.7. The smallest absolute Gasteiger partial charge is 0.335 e. The Labute approximate surface area is 79.6 Å². The molecule has 0 spiro atoms. The van der Waals surface area contributed by atoms with E-state index in [9.17, 15) is 4.79 Å². The lowest BCUT2D eigenvalue weighted by Gasteiger charge is -2.15. The first-order valence-corrected chi connectivity index (χ1v) is 8.08. The van der Waals surface area contributed by atoms with Crippen molar-refractivity contribution in [3.8, 4) is 0 Å². The van der Waals surface area contributed by atoms with Gasteiger partial charge in [-0.2, -0.15) is 0 Å². The summed E-state index contributed by atoms with van der Waals surface area (Å²) in [6.45, 7) is 8.66. The first-order chi connectivity index (χ1) is 5.93. The third-order valence-electron chi connectivity index (χ3n) is 2.04. The van der Waals surface area contributed by atoms with Gasteiger partial charge < -0.3 is 4.42 Å². The van der Waals surface area contributed by atoms with E-state index in [-0.39, 0.29) is 5.63 Å². The molecular formula is C10H16O2Si. The van der Waals surface area contributed by atoms with E-state index in [4.69, 9.17) is 4.42 Å². The number of hydrogen-bond donors (Lipinski definition) is 0. The highest BCUT2D eigenvalue weighted by Gasteiger charge is 2.17. The molecule has 0 aliphatic carbocycles. The van der Waals surface area contributed by atoms with E-state index >= 15 is 0 Å². The molecule has 1 rings (SSSR count). The Morgan fingerprint density at radius 3 is 2.38 bits per heavy atom. The second kappa shape index (κ2) is 3.50. The molecule has 0 saturated carbocycles. The lowest BCUT2D eigenvalue weighted by molar-refractivity contribution is 0.466. The van der Waals surface area contributed by atoms with Gasteiger partial charge in [-0.05, 0) is 11.3 Å². The van der Waals surface area contributed by atoms with E-state index in [0.717, 1.165) is 12.2 Å². The fourth-order valence-electron chi connectivity index (χ4n) is 1.14. The maximum atomic E-state index is 11.2. The van der Waals surface area contributed by atoms with Crippen molar-refractivity contribution in [3.05, 3.63) is 28.3 Å². The Bertz CT molecular complexity index is 347. The molecule has 3 heteroatoms. The van der Waals surface area contributed by atoms with Gasteiger partial charge in [-0.3, -0.25) is 0 Å². The van der Waals surface area contributed by atoms with Gasteiger partial charge in [0.1, 0.15) is 5.76 Å². The molecule has 1 aromatic heterocycles. The van der Waals surface area contributed by atoms with Crippen LogP contribution in [0.25, 0.3) is 0 Å². The topological polar surface area (TPSA) is 30.2 Å². The summed E-state index contributed by atoms with van der Waals surface area (Å²) in [5.74, 6) is 0.796. The van der Waals surface area contributed by atoms with E-state index in [0.29, 0.717) is 0 Å². The molecule has 0 atom stereocenters. The molecule has 0 bridgehead atoms. The van der Waals surface area contributed by atoms with Crippen LogP contribution in [0.5, 0.6) is 0 Å². The molecule has 13 heavy (non-hydrogen) atoms. The summed E-state index contributed by atoms with van der Waals surface area (Å²) in [4.78, 5) is 11.2. The van der Waals surface area contributed by atoms with Crippen molar-refractivity contribution in [2.45, 2.75) is 33.0 Å². The van der Waals surface area contributed by atoms with Crippen LogP contribution < -0.4 is 10.8 Å². The van der Waals surface area contributed by atoms with Crippen LogP contribution >= 0.6 is 0 Å². The van der Waals surface area contributed by atoms with Gasteiger partial charge in [0.2, 0.25) is 0 Å². The molecule has 0 fully saturated rings. The maximum absolute atomic E-state index is 11.2. The second-order valence-corrected chi connectivity index (χ2v) is 9.31. The van der Waals surface area contributed by atoms with Crippen LogP contribution in [0, 0.1) is 0 Å². The number of hydrogen-bond acceptors (Lipinski definition) is 2. The lowest BCUT2D eigenvalue weighted by atomic mass is 10.3. The lowest BCUT2D eigenvalue weighted by Crippen LogP contribution is -2.39. The van der Waals surface area contributed by atoms with Crippen molar-refractivity contribution in [2.75, 3.05) is 0 Å². The van der Waals surface area contributed by atoms with Crippen LogP contribution in [0.3, 0.4) is 0 Å². The van der Waals surface area contributed by atoms with Crippen LogP contribution in [0.4, 0.5) is 0 Å². The summed E-state index contributed by atoms with van der Waals surface area (Å²) in [6, 6.07) is 3.65. The van der Waals surface area contributed by atoms with Crippen LogP contribution in [0.15, 0.2) is 21.3 Å². The Morgan fingerprint density at radius 2 is 1.92 bits per heavy atom. The zero-order chi connectivity index (χ0) is 10.1. The van der Waals surface area contributed by atoms with Crippen LogP contribution in [0.2, 0.25) is 19.6 Å². The Balaban J connectivity index is 3.24. The van der Waals surface area contributed by atoms with Crippen molar-refractivity contribution in [2.24, 2.45) is 0 Å². The molecule has 72 valence electrons. The van der Waals surface area contributed by atoms with Crippen molar-refractivity contribution >= 4 is 13.3 Å². The van der Waals surface area contributed by atoms with Gasteiger partial charge in [0.15, 0.2) is 0 Å². The molecule has 2 nitrogen and oxygen atoms in total. The van der Waals surface area contributed by atoms with Crippen molar-refractivity contribution in [3.63, 3.8) is 0 Å². The predicted molar refractivity (Wildman–Crippen MR) is 57.3 cm³/mol. The SMILES string of the molecule is CCc1cc([Si](C)(C)C)cc(=O)o1. The summed E-state index contributed by atoms with van der Waals surface area (Å²) in [5.41, 5.74) is -0.211. The average molecular weight is 196 g/mol. The minimum atomic E-state index is -1.37. The minimum Gasteiger partial charge on any atom is -0.428 e. The molecule has 0 amide bonds. The first kappa shape index (κ1) is 10.2. The molecule has 0 aromatic carbocycles. The van der Waals surface area contributed by atoms with Crippen LogP contribution in [-0.2, 0) is 6.42 Å². The van der Waals surface area contributed by atoms with Crippen molar-refractivity contribution < 1.29 is 4.42 Å². The Kier molecular flexibility index (Phi) is 2.76. The summed E-state index contributed by atoms with van der Waals surface area (Å²) in [7, 11) is -1.37. The van der Waals surface area contributed by atoms with Gasteiger partial charge >= 0.3 is 5.63 Å². The largest absolute Gasteiger partial charge is 0.428 e. The maximum Gasteiger partial charge on any atom is 0.335 e. The molecule has 1 heterocycles. The zero-order valence-corrected chi connectivity index (χ0v) is 9.68. The van der Waals surface area contributed by atoms with E-state index in [1.807, 2.05) is 13.0 Å². The van der Waals surface area contributed by atoms with Gasteiger partial charge in [-0.1, -0.05) is 26.6 Å². The van der Waals surface area contributed by atoms with E-state index in [1.54, 1.807) is 6.07 Å². The fourth-order valence-corrected chi connectivity index (χ4v) is 2.28. The average Bonchev–Trinajstić information content (AvgIpc) is 2.01. The predicted octanol–water partition coefficient (Wildman–Crippen LogP) is 1.75. The second-order valence-electron chi connectivity index (χ2n) is 4.23. The summed E-state index contributed by atoms with van der Waals surface area (Å²) in [5, 5.41) is 1.18. The number of aryl methyl sites for hydroxylation is 1. The quantitative estimate of drug-likeness (QED) is 0.675. The van der Waals surface area contributed by atoms with E-state index < -0.39 is 8.07 Å². The molecule has 0 aliphatic rings. The van der Waals surface area contributed by atoms with Crippen LogP contribution in [-0.4, -0.2) is 8.07 Å². The van der Waals surface area contributed by atoms with E-state index in [2.05, 4.69) is 19.6 Å². The molecule has 0 unspecified atom stereocenters. The molecule has 0 aliphatic heterocycles. The third-order valence-corrected chi connectivity index (χ3v) is 4.06. The first-order valence-electron chi connectivity index (χ1n) is 4.58. The van der Waals surface area contributed by atoms with Crippen LogP contribution in [0.1, 0.15) is 12.7 Å². The minimum absolute atomic E-state index is 0.211. The zero-order valence-electron chi connectivity index (χ0n) is 8.68. The monoisotopic (exact) mass is 196 g/mol. The Hall–Kier alpha value is -0.833. The highest BCUT2D eigenvalue weighted by Crippen LogP contribution is 2.03. The van der Waals surface area contributed by atoms with E-state index in [1.165, 1.54) is 5.19 Å². The standard InChI is InChI=1S/C10H16O2Si/c1-5-8-6-9(13(2,3)4)7-10(11)12-8/h6-7H,5H2,1-4H3. The summed E-state index contributed by atoms with van der Waals surface area (Å²) < 4.78 is 5.03. The summed E-state index contributed by atoms with van der Waals surface area (Å²) in [6.07, 6.45) is 0.785. The molecule has 0 N–H and O–H groups in total. The fraction of sp³-hybridized carbons (Fsp3) is 0.500. The van der Waals surface area contributed by atoms with Gasteiger partial charge in [-0.15, -0.1) is 0 Å². The van der Waals surface area contributed by atoms with Gasteiger partial charge in [-0.25, -0.2) is 4.79 Å². The van der Waals surface area contributed by atoms with Gasteiger partial charge in [0.05, 0.1) is 8.07 Å². The molecule has 1 aromatic rings. The molecular weight excluding hydrogens is 180 g/mol. The highest BCUT2D eigenvalue weighted by molar-refractivity contribution is 6.88. The third kappa shape index (κ3) is 2.55. The van der Waals surface area contributed by atoms with Gasteiger partial charge in [0, 0.05) is 12.5 Å².